The van der Waals surface area contributed by atoms with Gasteiger partial charge in [0.05, 0.1) is 0 Å². The van der Waals surface area contributed by atoms with Gasteiger partial charge in [0.25, 0.3) is 0 Å². The van der Waals surface area contributed by atoms with Gasteiger partial charge in [0.1, 0.15) is 5.01 Å². The highest BCUT2D eigenvalue weighted by Crippen LogP contribution is 2.34. The molecule has 3 heteroatoms. The van der Waals surface area contributed by atoms with Gasteiger partial charge < -0.3 is 5.32 Å². The maximum Gasteiger partial charge on any atom is 0.106 e. The van der Waals surface area contributed by atoms with E-state index in [1.807, 2.05) is 11.6 Å². The van der Waals surface area contributed by atoms with Crippen molar-refractivity contribution < 1.29 is 0 Å². The summed E-state index contributed by atoms with van der Waals surface area (Å²) < 4.78 is 0. The average Bonchev–Trinajstić information content (AvgIpc) is 2.53. The lowest BCUT2D eigenvalue weighted by Gasteiger charge is -2.08. The molecule has 2 nitrogen and oxygen atoms in total. The molecular formula is C8H12N2S. The van der Waals surface area contributed by atoms with E-state index in [0.29, 0.717) is 5.54 Å². The van der Waals surface area contributed by atoms with Gasteiger partial charge in [-0.1, -0.05) is 0 Å². The largest absolute Gasteiger partial charge is 0.305 e. The van der Waals surface area contributed by atoms with Gasteiger partial charge in [-0.05, 0) is 19.8 Å². The van der Waals surface area contributed by atoms with Crippen LogP contribution in [0.15, 0.2) is 11.6 Å². The zero-order chi connectivity index (χ0) is 7.73. The first kappa shape index (κ1) is 7.25. The van der Waals surface area contributed by atoms with Crippen LogP contribution in [0.4, 0.5) is 0 Å². The van der Waals surface area contributed by atoms with Crippen molar-refractivity contribution in [3.8, 4) is 0 Å². The lowest BCUT2D eigenvalue weighted by molar-refractivity contribution is 0.536. The first-order valence-electron chi connectivity index (χ1n) is 3.92. The highest BCUT2D eigenvalue weighted by atomic mass is 32.1. The summed E-state index contributed by atoms with van der Waals surface area (Å²) in [6.45, 7) is 3.20. The minimum atomic E-state index is 0.436. The van der Waals surface area contributed by atoms with Crippen molar-refractivity contribution in [2.24, 2.45) is 0 Å². The first-order chi connectivity index (χ1) is 5.29. The number of aromatic nitrogens is 1. The second-order valence-electron chi connectivity index (χ2n) is 3.34. The van der Waals surface area contributed by atoms with Gasteiger partial charge in [-0.2, -0.15) is 0 Å². The zero-order valence-electron chi connectivity index (χ0n) is 6.63. The number of hydrogen-bond acceptors (Lipinski definition) is 3. The SMILES string of the molecule is CC1(NCc2nccs2)CC1. The van der Waals surface area contributed by atoms with Gasteiger partial charge >= 0.3 is 0 Å². The van der Waals surface area contributed by atoms with Crippen molar-refractivity contribution in [2.45, 2.75) is 31.8 Å². The Morgan fingerprint density at radius 3 is 3.09 bits per heavy atom. The molecule has 1 saturated carbocycles. The van der Waals surface area contributed by atoms with E-state index in [2.05, 4.69) is 17.2 Å². The fourth-order valence-corrected chi connectivity index (χ4v) is 1.55. The van der Waals surface area contributed by atoms with Crippen LogP contribution >= 0.6 is 11.3 Å². The fourth-order valence-electron chi connectivity index (χ4n) is 0.994. The standard InChI is InChI=1S/C8H12N2S/c1-8(2-3-8)10-6-7-9-4-5-11-7/h4-5,10H,2-3,6H2,1H3. The molecule has 0 bridgehead atoms. The maximum atomic E-state index is 4.20. The van der Waals surface area contributed by atoms with E-state index in [0.717, 1.165) is 6.54 Å². The van der Waals surface area contributed by atoms with Crippen LogP contribution in [0.25, 0.3) is 0 Å². The van der Waals surface area contributed by atoms with Gasteiger partial charge in [-0.3, -0.25) is 0 Å². The molecule has 1 aliphatic rings. The molecule has 0 saturated heterocycles. The molecule has 0 amide bonds. The Morgan fingerprint density at radius 1 is 1.73 bits per heavy atom. The van der Waals surface area contributed by atoms with Gasteiger partial charge in [0, 0.05) is 23.7 Å². The molecule has 0 aliphatic heterocycles. The molecule has 1 heterocycles. The Balaban J connectivity index is 1.83. The van der Waals surface area contributed by atoms with Gasteiger partial charge in [0.15, 0.2) is 0 Å². The monoisotopic (exact) mass is 168 g/mol. The van der Waals surface area contributed by atoms with E-state index in [1.54, 1.807) is 11.3 Å². The molecule has 0 spiro atoms. The van der Waals surface area contributed by atoms with Gasteiger partial charge in [0.2, 0.25) is 0 Å². The summed E-state index contributed by atoms with van der Waals surface area (Å²) in [4.78, 5) is 4.20. The average molecular weight is 168 g/mol. The number of hydrogen-bond donors (Lipinski definition) is 1. The molecule has 1 fully saturated rings. The minimum Gasteiger partial charge on any atom is -0.305 e. The van der Waals surface area contributed by atoms with Crippen LogP contribution < -0.4 is 5.32 Å². The molecule has 0 aromatic carbocycles. The predicted octanol–water partition coefficient (Wildman–Crippen LogP) is 1.79. The van der Waals surface area contributed by atoms with Crippen LogP contribution in [0.5, 0.6) is 0 Å². The van der Waals surface area contributed by atoms with Crippen LogP contribution in [0.1, 0.15) is 24.8 Å². The highest BCUT2D eigenvalue weighted by molar-refractivity contribution is 7.09. The van der Waals surface area contributed by atoms with Crippen molar-refractivity contribution in [1.82, 2.24) is 10.3 Å². The second kappa shape index (κ2) is 2.57. The van der Waals surface area contributed by atoms with Crippen molar-refractivity contribution in [2.75, 3.05) is 0 Å². The van der Waals surface area contributed by atoms with Crippen LogP contribution in [0.3, 0.4) is 0 Å². The molecule has 0 radical (unpaired) electrons. The molecule has 2 rings (SSSR count). The van der Waals surface area contributed by atoms with Crippen molar-refractivity contribution in [1.29, 1.82) is 0 Å². The van der Waals surface area contributed by atoms with Gasteiger partial charge in [-0.25, -0.2) is 4.98 Å². The molecule has 0 atom stereocenters. The summed E-state index contributed by atoms with van der Waals surface area (Å²) in [6.07, 6.45) is 4.49. The lowest BCUT2D eigenvalue weighted by Crippen LogP contribution is -2.26. The van der Waals surface area contributed by atoms with E-state index in [1.165, 1.54) is 17.8 Å². The third-order valence-electron chi connectivity index (χ3n) is 2.15. The highest BCUT2D eigenvalue weighted by Gasteiger charge is 2.36. The third-order valence-corrected chi connectivity index (χ3v) is 2.93. The molecule has 1 N–H and O–H groups in total. The summed E-state index contributed by atoms with van der Waals surface area (Å²) in [5.74, 6) is 0. The summed E-state index contributed by atoms with van der Waals surface area (Å²) >= 11 is 1.72. The van der Waals surface area contributed by atoms with Crippen LogP contribution in [0.2, 0.25) is 0 Å². The smallest absolute Gasteiger partial charge is 0.106 e. The second-order valence-corrected chi connectivity index (χ2v) is 4.32. The summed E-state index contributed by atoms with van der Waals surface area (Å²) in [6, 6.07) is 0. The Bertz CT molecular complexity index is 226. The number of nitrogens with one attached hydrogen (secondary N) is 1. The van der Waals surface area contributed by atoms with Crippen molar-refractivity contribution >= 4 is 11.3 Å². The molecule has 1 aromatic rings. The maximum absolute atomic E-state index is 4.20. The Hall–Kier alpha value is -0.410. The van der Waals surface area contributed by atoms with Gasteiger partial charge in [-0.15, -0.1) is 11.3 Å². The minimum absolute atomic E-state index is 0.436. The Morgan fingerprint density at radius 2 is 2.55 bits per heavy atom. The van der Waals surface area contributed by atoms with Crippen LogP contribution in [0, 0.1) is 0 Å². The molecule has 0 unspecified atom stereocenters. The van der Waals surface area contributed by atoms with Crippen molar-refractivity contribution in [3.63, 3.8) is 0 Å². The van der Waals surface area contributed by atoms with E-state index in [9.17, 15) is 0 Å². The van der Waals surface area contributed by atoms with E-state index < -0.39 is 0 Å². The Labute approximate surface area is 70.7 Å². The number of thiazole rings is 1. The van der Waals surface area contributed by atoms with E-state index >= 15 is 0 Å². The van der Waals surface area contributed by atoms with Crippen LogP contribution in [-0.2, 0) is 6.54 Å². The predicted molar refractivity (Wildman–Crippen MR) is 46.6 cm³/mol. The quantitative estimate of drug-likeness (QED) is 0.744. The summed E-state index contributed by atoms with van der Waals surface area (Å²) in [7, 11) is 0. The van der Waals surface area contributed by atoms with Crippen LogP contribution in [-0.4, -0.2) is 10.5 Å². The molecule has 1 aliphatic carbocycles. The third kappa shape index (κ3) is 1.79. The zero-order valence-corrected chi connectivity index (χ0v) is 7.45. The topological polar surface area (TPSA) is 24.9 Å². The van der Waals surface area contributed by atoms with E-state index in [-0.39, 0.29) is 0 Å². The molecular weight excluding hydrogens is 156 g/mol. The first-order valence-corrected chi connectivity index (χ1v) is 4.80. The summed E-state index contributed by atoms with van der Waals surface area (Å²) in [5, 5.41) is 6.70. The molecule has 1 aromatic heterocycles. The number of rotatable bonds is 3. The lowest BCUT2D eigenvalue weighted by atomic mass is 10.3. The number of nitrogens with zero attached hydrogens (tertiary/aromatic N) is 1. The fraction of sp³-hybridized carbons (Fsp3) is 0.625. The molecule has 60 valence electrons. The van der Waals surface area contributed by atoms with E-state index in [4.69, 9.17) is 0 Å². The molecule has 11 heavy (non-hydrogen) atoms. The summed E-state index contributed by atoms with van der Waals surface area (Å²) in [5.41, 5.74) is 0.436. The normalized spacial score (nSPS) is 20.1. The Kier molecular flexibility index (Phi) is 1.69. The van der Waals surface area contributed by atoms with Crippen molar-refractivity contribution in [3.05, 3.63) is 16.6 Å².